The summed E-state index contributed by atoms with van der Waals surface area (Å²) in [5.74, 6) is -1.64. The molecule has 1 fully saturated rings. The van der Waals surface area contributed by atoms with E-state index in [1.165, 1.54) is 7.11 Å². The van der Waals surface area contributed by atoms with Gasteiger partial charge in [-0.25, -0.2) is 0 Å². The number of methoxy groups -OCH3 is 1. The van der Waals surface area contributed by atoms with Crippen LogP contribution in [-0.2, 0) is 33.8 Å². The molecule has 5 rings (SSSR count). The maximum absolute atomic E-state index is 13.6. The van der Waals surface area contributed by atoms with Gasteiger partial charge in [0, 0.05) is 44.8 Å². The molecular weight excluding hydrogens is 440 g/mol. The standard InChI is InChI=1S/C25H26N2O7/c1-32-14-17-12-20(28)23(30)24(34-17)18(13-21(29)26-7-9-33-10-8-26)19-11-16-4-2-3-15-5-6-27(22(15)16)25(19)31/h2-4,11-12,18,30H,5-10,13-14H2,1H3/t18-/m1/s1. The Balaban J connectivity index is 1.67. The van der Waals surface area contributed by atoms with Crippen molar-refractivity contribution in [2.75, 3.05) is 33.4 Å². The molecule has 2 aromatic heterocycles. The molecule has 0 unspecified atom stereocenters. The summed E-state index contributed by atoms with van der Waals surface area (Å²) in [5.41, 5.74) is 1.38. The molecule has 2 aliphatic heterocycles. The molecule has 1 atom stereocenters. The molecular formula is C25H26N2O7. The van der Waals surface area contributed by atoms with Gasteiger partial charge in [-0.1, -0.05) is 18.2 Å². The number of hydrogen-bond donors (Lipinski definition) is 1. The van der Waals surface area contributed by atoms with Crippen LogP contribution >= 0.6 is 0 Å². The number of morpholine rings is 1. The smallest absolute Gasteiger partial charge is 0.255 e. The predicted molar refractivity (Wildman–Crippen MR) is 123 cm³/mol. The van der Waals surface area contributed by atoms with Crippen molar-refractivity contribution < 1.29 is 23.8 Å². The number of pyridine rings is 1. The van der Waals surface area contributed by atoms with Gasteiger partial charge in [0.25, 0.3) is 5.56 Å². The summed E-state index contributed by atoms with van der Waals surface area (Å²) in [6, 6.07) is 8.77. The summed E-state index contributed by atoms with van der Waals surface area (Å²) < 4.78 is 18.0. The number of aromatic hydroxyl groups is 1. The van der Waals surface area contributed by atoms with Crippen molar-refractivity contribution in [1.82, 2.24) is 9.47 Å². The molecule has 1 saturated heterocycles. The molecule has 9 nitrogen and oxygen atoms in total. The third-order valence-electron chi connectivity index (χ3n) is 6.55. The monoisotopic (exact) mass is 466 g/mol. The molecule has 4 heterocycles. The van der Waals surface area contributed by atoms with Gasteiger partial charge < -0.3 is 28.5 Å². The highest BCUT2D eigenvalue weighted by Crippen LogP contribution is 2.35. The zero-order valence-electron chi connectivity index (χ0n) is 18.9. The van der Waals surface area contributed by atoms with Crippen LogP contribution in [0.3, 0.4) is 0 Å². The molecule has 3 aromatic rings. The molecule has 178 valence electrons. The molecule has 9 heteroatoms. The minimum absolute atomic E-state index is 0.0119. The van der Waals surface area contributed by atoms with Gasteiger partial charge in [-0.3, -0.25) is 14.4 Å². The Hall–Kier alpha value is -3.43. The summed E-state index contributed by atoms with van der Waals surface area (Å²) in [4.78, 5) is 41.0. The van der Waals surface area contributed by atoms with Crippen molar-refractivity contribution in [2.24, 2.45) is 0 Å². The number of carbonyl (C=O) groups is 1. The van der Waals surface area contributed by atoms with Gasteiger partial charge in [0.1, 0.15) is 12.4 Å². The van der Waals surface area contributed by atoms with Crippen LogP contribution in [0, 0.1) is 0 Å². The number of benzene rings is 1. The Labute approximate surface area is 195 Å². The summed E-state index contributed by atoms with van der Waals surface area (Å²) in [6.07, 6.45) is 0.616. The second kappa shape index (κ2) is 9.08. The number of amides is 1. The van der Waals surface area contributed by atoms with E-state index in [0.29, 0.717) is 38.4 Å². The van der Waals surface area contributed by atoms with Gasteiger partial charge in [0.05, 0.1) is 24.6 Å². The Bertz CT molecular complexity index is 1370. The number of aromatic nitrogens is 1. The first-order chi connectivity index (χ1) is 16.5. The van der Waals surface area contributed by atoms with E-state index in [1.807, 2.05) is 18.2 Å². The van der Waals surface area contributed by atoms with Crippen LogP contribution in [-0.4, -0.2) is 53.9 Å². The lowest BCUT2D eigenvalue weighted by Gasteiger charge is -2.28. The number of hydrogen-bond acceptors (Lipinski definition) is 7. The minimum Gasteiger partial charge on any atom is -0.502 e. The molecule has 0 aliphatic carbocycles. The highest BCUT2D eigenvalue weighted by molar-refractivity contribution is 5.85. The van der Waals surface area contributed by atoms with E-state index in [0.717, 1.165) is 29.0 Å². The fraction of sp³-hybridized carbons (Fsp3) is 0.400. The summed E-state index contributed by atoms with van der Waals surface area (Å²) in [6.45, 7) is 2.30. The molecule has 34 heavy (non-hydrogen) atoms. The number of nitrogens with zero attached hydrogens (tertiary/aromatic N) is 2. The van der Waals surface area contributed by atoms with Crippen molar-refractivity contribution in [3.63, 3.8) is 0 Å². The first kappa shape index (κ1) is 22.4. The number of ether oxygens (including phenoxy) is 2. The van der Waals surface area contributed by atoms with Crippen molar-refractivity contribution in [3.8, 4) is 5.75 Å². The number of carbonyl (C=O) groups excluding carboxylic acids is 1. The topological polar surface area (TPSA) is 111 Å². The van der Waals surface area contributed by atoms with Crippen LogP contribution in [0.15, 0.2) is 44.3 Å². The van der Waals surface area contributed by atoms with Gasteiger partial charge in [0.2, 0.25) is 17.1 Å². The molecule has 1 amide bonds. The number of aryl methyl sites for hydroxylation is 2. The number of para-hydroxylation sites is 1. The molecule has 2 aliphatic rings. The molecule has 0 radical (unpaired) electrons. The van der Waals surface area contributed by atoms with Crippen LogP contribution < -0.4 is 11.0 Å². The van der Waals surface area contributed by atoms with Crippen LogP contribution in [0.1, 0.15) is 35.0 Å². The van der Waals surface area contributed by atoms with E-state index < -0.39 is 17.1 Å². The SMILES string of the molecule is COCc1cc(=O)c(O)c([C@H](CC(=O)N2CCOCC2)c2cc3cccc4c3n(c2=O)CC4)o1. The Morgan fingerprint density at radius 3 is 2.74 bits per heavy atom. The van der Waals surface area contributed by atoms with Crippen molar-refractivity contribution in [3.05, 3.63) is 73.6 Å². The summed E-state index contributed by atoms with van der Waals surface area (Å²) in [7, 11) is 1.46. The number of rotatable bonds is 6. The van der Waals surface area contributed by atoms with E-state index in [9.17, 15) is 19.5 Å². The lowest BCUT2D eigenvalue weighted by Crippen LogP contribution is -2.41. The minimum atomic E-state index is -0.940. The van der Waals surface area contributed by atoms with E-state index in [4.69, 9.17) is 13.9 Å². The zero-order chi connectivity index (χ0) is 23.8. The summed E-state index contributed by atoms with van der Waals surface area (Å²) in [5, 5.41) is 11.5. The van der Waals surface area contributed by atoms with E-state index in [1.54, 1.807) is 15.5 Å². The first-order valence-corrected chi connectivity index (χ1v) is 11.3. The largest absolute Gasteiger partial charge is 0.502 e. The maximum atomic E-state index is 13.6. The van der Waals surface area contributed by atoms with Crippen LogP contribution in [0.25, 0.3) is 10.9 Å². The molecule has 1 N–H and O–H groups in total. The predicted octanol–water partition coefficient (Wildman–Crippen LogP) is 1.74. The lowest BCUT2D eigenvalue weighted by atomic mass is 9.91. The first-order valence-electron chi connectivity index (χ1n) is 11.3. The highest BCUT2D eigenvalue weighted by atomic mass is 16.5. The maximum Gasteiger partial charge on any atom is 0.255 e. The summed E-state index contributed by atoms with van der Waals surface area (Å²) >= 11 is 0. The molecule has 0 saturated carbocycles. The fourth-order valence-electron chi connectivity index (χ4n) is 4.91. The highest BCUT2D eigenvalue weighted by Gasteiger charge is 2.32. The van der Waals surface area contributed by atoms with Crippen molar-refractivity contribution in [2.45, 2.75) is 31.9 Å². The molecule has 0 bridgehead atoms. The van der Waals surface area contributed by atoms with Gasteiger partial charge >= 0.3 is 0 Å². The fourth-order valence-corrected chi connectivity index (χ4v) is 4.91. The van der Waals surface area contributed by atoms with Crippen LogP contribution in [0.2, 0.25) is 0 Å². The third kappa shape index (κ3) is 3.91. The Kier molecular flexibility index (Phi) is 5.97. The zero-order valence-corrected chi connectivity index (χ0v) is 18.9. The Morgan fingerprint density at radius 2 is 1.97 bits per heavy atom. The van der Waals surface area contributed by atoms with Gasteiger partial charge in [-0.2, -0.15) is 0 Å². The molecule has 1 aromatic carbocycles. The quantitative estimate of drug-likeness (QED) is 0.589. The second-order valence-corrected chi connectivity index (χ2v) is 8.63. The van der Waals surface area contributed by atoms with E-state index in [2.05, 4.69) is 0 Å². The van der Waals surface area contributed by atoms with Crippen molar-refractivity contribution >= 4 is 16.8 Å². The van der Waals surface area contributed by atoms with Gasteiger partial charge in [-0.15, -0.1) is 0 Å². The van der Waals surface area contributed by atoms with Crippen molar-refractivity contribution in [1.29, 1.82) is 0 Å². The Morgan fingerprint density at radius 1 is 1.18 bits per heavy atom. The van der Waals surface area contributed by atoms with Crippen LogP contribution in [0.4, 0.5) is 0 Å². The van der Waals surface area contributed by atoms with Gasteiger partial charge in [0.15, 0.2) is 5.76 Å². The normalized spacial score (nSPS) is 16.2. The molecule has 0 spiro atoms. The lowest BCUT2D eigenvalue weighted by molar-refractivity contribution is -0.135. The average molecular weight is 466 g/mol. The third-order valence-corrected chi connectivity index (χ3v) is 6.55. The van der Waals surface area contributed by atoms with E-state index in [-0.39, 0.29) is 36.0 Å². The second-order valence-electron chi connectivity index (χ2n) is 8.63. The average Bonchev–Trinajstić information content (AvgIpc) is 3.29. The van der Waals surface area contributed by atoms with Crippen LogP contribution in [0.5, 0.6) is 5.75 Å². The van der Waals surface area contributed by atoms with Gasteiger partial charge in [-0.05, 0) is 23.4 Å². The van der Waals surface area contributed by atoms with E-state index >= 15 is 0 Å².